The Morgan fingerprint density at radius 2 is 2.14 bits per heavy atom. The molecular weight excluding hydrogens is 260 g/mol. The number of hydrogen-bond donors (Lipinski definition) is 2. The highest BCUT2D eigenvalue weighted by molar-refractivity contribution is 5.83. The van der Waals surface area contributed by atoms with Gasteiger partial charge >= 0.3 is 0 Å². The molecule has 1 aromatic rings. The van der Waals surface area contributed by atoms with Gasteiger partial charge in [0, 0.05) is 13.1 Å². The third-order valence-electron chi connectivity index (χ3n) is 4.69. The summed E-state index contributed by atoms with van der Waals surface area (Å²) < 4.78 is 0. The fraction of sp³-hybridized carbons (Fsp3) is 0.611. The largest absolute Gasteiger partial charge is 0.356 e. The van der Waals surface area contributed by atoms with Crippen LogP contribution in [-0.2, 0) is 4.79 Å². The molecule has 21 heavy (non-hydrogen) atoms. The molecule has 1 aliphatic heterocycles. The second-order valence-corrected chi connectivity index (χ2v) is 6.31. The van der Waals surface area contributed by atoms with Crippen LogP contribution in [0.15, 0.2) is 30.3 Å². The van der Waals surface area contributed by atoms with Crippen molar-refractivity contribution in [2.75, 3.05) is 19.6 Å². The van der Waals surface area contributed by atoms with Gasteiger partial charge in [-0.15, -0.1) is 0 Å². The van der Waals surface area contributed by atoms with Crippen molar-refractivity contribution in [3.05, 3.63) is 35.9 Å². The van der Waals surface area contributed by atoms with E-state index in [0.29, 0.717) is 5.92 Å². The van der Waals surface area contributed by atoms with Crippen molar-refractivity contribution < 1.29 is 4.79 Å². The van der Waals surface area contributed by atoms with Crippen molar-refractivity contribution in [3.8, 4) is 0 Å². The minimum absolute atomic E-state index is 0.162. The minimum atomic E-state index is -0.162. The summed E-state index contributed by atoms with van der Waals surface area (Å²) >= 11 is 0. The van der Waals surface area contributed by atoms with E-state index in [4.69, 9.17) is 0 Å². The summed E-state index contributed by atoms with van der Waals surface area (Å²) in [4.78, 5) is 12.5. The number of benzene rings is 1. The Balaban J connectivity index is 1.81. The second-order valence-electron chi connectivity index (χ2n) is 6.31. The van der Waals surface area contributed by atoms with Gasteiger partial charge in [-0.25, -0.2) is 0 Å². The maximum Gasteiger partial charge on any atom is 0.227 e. The normalized spacial score (nSPS) is 23.0. The molecule has 116 valence electrons. The van der Waals surface area contributed by atoms with Crippen LogP contribution in [0.3, 0.4) is 0 Å². The SMILES string of the molecule is CCCC1(C(=O)NCCC(C)c2ccccc2)CCNC1. The first-order valence-electron chi connectivity index (χ1n) is 8.22. The van der Waals surface area contributed by atoms with Crippen LogP contribution in [0.4, 0.5) is 0 Å². The average Bonchev–Trinajstić information content (AvgIpc) is 2.98. The zero-order valence-corrected chi connectivity index (χ0v) is 13.3. The van der Waals surface area contributed by atoms with E-state index >= 15 is 0 Å². The van der Waals surface area contributed by atoms with E-state index in [1.165, 1.54) is 5.56 Å². The van der Waals surface area contributed by atoms with Crippen LogP contribution in [0.25, 0.3) is 0 Å². The van der Waals surface area contributed by atoms with E-state index in [0.717, 1.165) is 45.3 Å². The van der Waals surface area contributed by atoms with Crippen molar-refractivity contribution in [1.82, 2.24) is 10.6 Å². The lowest BCUT2D eigenvalue weighted by atomic mass is 9.81. The summed E-state index contributed by atoms with van der Waals surface area (Å²) in [5.74, 6) is 0.727. The standard InChI is InChI=1S/C18H28N2O/c1-3-10-18(11-13-19-14-18)17(21)20-12-9-15(2)16-7-5-4-6-8-16/h4-8,15,19H,3,9-14H2,1-2H3,(H,20,21). The van der Waals surface area contributed by atoms with Crippen molar-refractivity contribution in [2.24, 2.45) is 5.41 Å². The van der Waals surface area contributed by atoms with Crippen LogP contribution in [-0.4, -0.2) is 25.5 Å². The lowest BCUT2D eigenvalue weighted by Gasteiger charge is -2.26. The van der Waals surface area contributed by atoms with Crippen molar-refractivity contribution in [1.29, 1.82) is 0 Å². The van der Waals surface area contributed by atoms with Gasteiger partial charge in [-0.3, -0.25) is 4.79 Å². The third-order valence-corrected chi connectivity index (χ3v) is 4.69. The van der Waals surface area contributed by atoms with Gasteiger partial charge in [0.05, 0.1) is 5.41 Å². The Hall–Kier alpha value is -1.35. The Kier molecular flexibility index (Phi) is 5.80. The van der Waals surface area contributed by atoms with Crippen LogP contribution >= 0.6 is 0 Å². The van der Waals surface area contributed by atoms with Gasteiger partial charge in [-0.1, -0.05) is 50.6 Å². The predicted octanol–water partition coefficient (Wildman–Crippen LogP) is 3.08. The number of carbonyl (C=O) groups excluding carboxylic acids is 1. The molecule has 1 aliphatic rings. The van der Waals surface area contributed by atoms with Crippen molar-refractivity contribution >= 4 is 5.91 Å². The molecule has 1 fully saturated rings. The van der Waals surface area contributed by atoms with Crippen LogP contribution in [0.1, 0.15) is 51.0 Å². The maximum absolute atomic E-state index is 12.5. The lowest BCUT2D eigenvalue weighted by Crippen LogP contribution is -2.43. The molecule has 0 aliphatic carbocycles. The molecule has 3 nitrogen and oxygen atoms in total. The van der Waals surface area contributed by atoms with Gasteiger partial charge in [0.1, 0.15) is 0 Å². The Bertz CT molecular complexity index is 438. The second kappa shape index (κ2) is 7.60. The number of hydrogen-bond acceptors (Lipinski definition) is 2. The number of nitrogens with one attached hydrogen (secondary N) is 2. The van der Waals surface area contributed by atoms with Gasteiger partial charge < -0.3 is 10.6 Å². The average molecular weight is 288 g/mol. The van der Waals surface area contributed by atoms with E-state index in [1.54, 1.807) is 0 Å². The Morgan fingerprint density at radius 1 is 1.38 bits per heavy atom. The minimum Gasteiger partial charge on any atom is -0.356 e. The molecule has 1 aromatic carbocycles. The molecule has 1 amide bonds. The summed E-state index contributed by atoms with van der Waals surface area (Å²) in [5, 5.41) is 6.52. The number of rotatable bonds is 7. The zero-order valence-electron chi connectivity index (χ0n) is 13.3. The molecule has 0 aromatic heterocycles. The van der Waals surface area contributed by atoms with E-state index in [9.17, 15) is 4.79 Å². The number of carbonyl (C=O) groups is 1. The van der Waals surface area contributed by atoms with Gasteiger partial charge in [0.25, 0.3) is 0 Å². The Morgan fingerprint density at radius 3 is 2.76 bits per heavy atom. The van der Waals surface area contributed by atoms with Crippen molar-refractivity contribution in [3.63, 3.8) is 0 Å². The highest BCUT2D eigenvalue weighted by Gasteiger charge is 2.39. The first kappa shape index (κ1) is 16.0. The summed E-state index contributed by atoms with van der Waals surface area (Å²) in [5.41, 5.74) is 1.18. The van der Waals surface area contributed by atoms with Gasteiger partial charge in [0.2, 0.25) is 5.91 Å². The molecule has 1 heterocycles. The quantitative estimate of drug-likeness (QED) is 0.809. The maximum atomic E-state index is 12.5. The highest BCUT2D eigenvalue weighted by atomic mass is 16.2. The first-order valence-corrected chi connectivity index (χ1v) is 8.22. The predicted molar refractivity (Wildman–Crippen MR) is 87.3 cm³/mol. The third kappa shape index (κ3) is 4.07. The van der Waals surface area contributed by atoms with Gasteiger partial charge in [-0.05, 0) is 37.3 Å². The molecule has 2 rings (SSSR count). The summed E-state index contributed by atoms with van der Waals surface area (Å²) in [7, 11) is 0. The lowest BCUT2D eigenvalue weighted by molar-refractivity contribution is -0.130. The van der Waals surface area contributed by atoms with Gasteiger partial charge in [0.15, 0.2) is 0 Å². The highest BCUT2D eigenvalue weighted by Crippen LogP contribution is 2.31. The smallest absolute Gasteiger partial charge is 0.227 e. The van der Waals surface area contributed by atoms with Gasteiger partial charge in [-0.2, -0.15) is 0 Å². The molecule has 0 saturated carbocycles. The van der Waals surface area contributed by atoms with E-state index in [-0.39, 0.29) is 11.3 Å². The molecule has 2 atom stereocenters. The molecule has 1 saturated heterocycles. The first-order chi connectivity index (χ1) is 10.2. The molecule has 0 radical (unpaired) electrons. The van der Waals surface area contributed by atoms with Crippen LogP contribution in [0, 0.1) is 5.41 Å². The van der Waals surface area contributed by atoms with Crippen LogP contribution < -0.4 is 10.6 Å². The summed E-state index contributed by atoms with van der Waals surface area (Å²) in [6.45, 7) is 6.94. The van der Waals surface area contributed by atoms with Crippen LogP contribution in [0.2, 0.25) is 0 Å². The molecule has 2 N–H and O–H groups in total. The fourth-order valence-electron chi connectivity index (χ4n) is 3.28. The molecule has 3 heteroatoms. The summed E-state index contributed by atoms with van der Waals surface area (Å²) in [6, 6.07) is 10.5. The summed E-state index contributed by atoms with van der Waals surface area (Å²) in [6.07, 6.45) is 4.02. The van der Waals surface area contributed by atoms with Crippen LogP contribution in [0.5, 0.6) is 0 Å². The van der Waals surface area contributed by atoms with E-state index < -0.39 is 0 Å². The molecular formula is C18H28N2O. The Labute approximate surface area is 128 Å². The molecule has 2 unspecified atom stereocenters. The monoisotopic (exact) mass is 288 g/mol. The number of amides is 1. The van der Waals surface area contributed by atoms with Crippen molar-refractivity contribution in [2.45, 2.75) is 45.4 Å². The molecule has 0 spiro atoms. The van der Waals surface area contributed by atoms with E-state index in [2.05, 4.69) is 48.7 Å². The van der Waals surface area contributed by atoms with E-state index in [1.807, 2.05) is 6.07 Å². The molecule has 0 bridgehead atoms. The fourth-order valence-corrected chi connectivity index (χ4v) is 3.28. The topological polar surface area (TPSA) is 41.1 Å². The zero-order chi connectivity index (χ0) is 15.1.